The summed E-state index contributed by atoms with van der Waals surface area (Å²) in [6.07, 6.45) is -0.891. The Labute approximate surface area is 128 Å². The van der Waals surface area contributed by atoms with Crippen LogP contribution in [0, 0.1) is 19.7 Å². The molecule has 1 amide bonds. The van der Waals surface area contributed by atoms with Crippen molar-refractivity contribution in [2.24, 2.45) is 5.73 Å². The van der Waals surface area contributed by atoms with E-state index in [0.717, 1.165) is 5.56 Å². The summed E-state index contributed by atoms with van der Waals surface area (Å²) in [7, 11) is 0. The van der Waals surface area contributed by atoms with Crippen LogP contribution in [0.5, 0.6) is 5.75 Å². The zero-order valence-electron chi connectivity index (χ0n) is 12.5. The van der Waals surface area contributed by atoms with Gasteiger partial charge in [0.05, 0.1) is 0 Å². The van der Waals surface area contributed by atoms with E-state index in [1.165, 1.54) is 18.2 Å². The van der Waals surface area contributed by atoms with Crippen molar-refractivity contribution in [2.75, 3.05) is 6.61 Å². The average Bonchev–Trinajstić information content (AvgIpc) is 2.45. The van der Waals surface area contributed by atoms with E-state index in [2.05, 4.69) is 0 Å². The van der Waals surface area contributed by atoms with Gasteiger partial charge in [-0.3, -0.25) is 4.79 Å². The number of aryl methyl sites for hydroxylation is 2. The highest BCUT2D eigenvalue weighted by molar-refractivity contribution is 5.93. The number of carbonyl (C=O) groups excluding carboxylic acids is 1. The number of hydrogen-bond donors (Lipinski definition) is 2. The zero-order chi connectivity index (χ0) is 16.3. The Bertz CT molecular complexity index is 700. The number of rotatable bonds is 5. The van der Waals surface area contributed by atoms with Gasteiger partial charge in [0, 0.05) is 5.56 Å². The van der Waals surface area contributed by atoms with Crippen LogP contribution < -0.4 is 10.5 Å². The molecule has 116 valence electrons. The third-order valence-electron chi connectivity index (χ3n) is 3.46. The first-order valence-electron chi connectivity index (χ1n) is 6.86. The molecule has 0 saturated heterocycles. The molecule has 0 saturated carbocycles. The first-order valence-corrected chi connectivity index (χ1v) is 6.86. The summed E-state index contributed by atoms with van der Waals surface area (Å²) in [5, 5.41) is 10.2. The molecule has 0 fully saturated rings. The second kappa shape index (κ2) is 6.58. The molecular weight excluding hydrogens is 285 g/mol. The minimum absolute atomic E-state index is 0.00444. The summed E-state index contributed by atoms with van der Waals surface area (Å²) >= 11 is 0. The van der Waals surface area contributed by atoms with Crippen LogP contribution in [0.4, 0.5) is 4.39 Å². The van der Waals surface area contributed by atoms with Gasteiger partial charge in [-0.25, -0.2) is 4.39 Å². The van der Waals surface area contributed by atoms with Crippen molar-refractivity contribution in [3.8, 4) is 5.75 Å². The number of halogens is 1. The smallest absolute Gasteiger partial charge is 0.248 e. The molecule has 1 atom stereocenters. The van der Waals surface area contributed by atoms with Crippen LogP contribution in [0.25, 0.3) is 0 Å². The topological polar surface area (TPSA) is 72.6 Å². The highest BCUT2D eigenvalue weighted by atomic mass is 19.1. The number of primary amides is 1. The first kappa shape index (κ1) is 16.0. The molecule has 1 unspecified atom stereocenters. The third-order valence-corrected chi connectivity index (χ3v) is 3.46. The second-order valence-electron chi connectivity index (χ2n) is 5.17. The number of nitrogens with two attached hydrogens (primary N) is 1. The van der Waals surface area contributed by atoms with E-state index in [1.54, 1.807) is 25.1 Å². The Morgan fingerprint density at radius 2 is 1.95 bits per heavy atom. The number of carbonyl (C=O) groups is 1. The zero-order valence-corrected chi connectivity index (χ0v) is 12.5. The van der Waals surface area contributed by atoms with E-state index in [9.17, 15) is 14.3 Å². The molecule has 2 rings (SSSR count). The molecule has 0 aliphatic rings. The van der Waals surface area contributed by atoms with Crippen LogP contribution >= 0.6 is 0 Å². The molecule has 0 aliphatic heterocycles. The van der Waals surface area contributed by atoms with Crippen molar-refractivity contribution in [3.05, 3.63) is 64.5 Å². The van der Waals surface area contributed by atoms with Crippen LogP contribution in [0.15, 0.2) is 36.4 Å². The number of benzene rings is 2. The van der Waals surface area contributed by atoms with Gasteiger partial charge in [0.15, 0.2) is 0 Å². The Hall–Kier alpha value is -2.40. The fraction of sp³-hybridized carbons (Fsp3) is 0.235. The van der Waals surface area contributed by atoms with Gasteiger partial charge >= 0.3 is 0 Å². The van der Waals surface area contributed by atoms with Crippen LogP contribution in [0.3, 0.4) is 0 Å². The Morgan fingerprint density at radius 3 is 2.59 bits per heavy atom. The normalized spacial score (nSPS) is 12.0. The molecule has 3 N–H and O–H groups in total. The van der Waals surface area contributed by atoms with E-state index in [0.29, 0.717) is 22.4 Å². The van der Waals surface area contributed by atoms with Crippen molar-refractivity contribution in [1.29, 1.82) is 0 Å². The summed E-state index contributed by atoms with van der Waals surface area (Å²) in [4.78, 5) is 11.2. The predicted octanol–water partition coefficient (Wildman–Crippen LogP) is 2.65. The van der Waals surface area contributed by atoms with Crippen LogP contribution in [0.2, 0.25) is 0 Å². The summed E-state index contributed by atoms with van der Waals surface area (Å²) in [5.74, 6) is -0.408. The highest BCUT2D eigenvalue weighted by Gasteiger charge is 2.13. The first-order chi connectivity index (χ1) is 10.4. The van der Waals surface area contributed by atoms with Crippen LogP contribution in [-0.4, -0.2) is 17.6 Å². The van der Waals surface area contributed by atoms with Crippen LogP contribution in [0.1, 0.15) is 33.2 Å². The van der Waals surface area contributed by atoms with E-state index in [1.807, 2.05) is 6.92 Å². The van der Waals surface area contributed by atoms with Crippen molar-refractivity contribution >= 4 is 5.91 Å². The van der Waals surface area contributed by atoms with E-state index in [4.69, 9.17) is 10.5 Å². The number of amides is 1. The molecule has 0 radical (unpaired) electrons. The maximum atomic E-state index is 13.1. The lowest BCUT2D eigenvalue weighted by molar-refractivity contribution is 0.0997. The molecule has 0 aromatic heterocycles. The summed E-state index contributed by atoms with van der Waals surface area (Å²) in [6.45, 7) is 3.55. The molecule has 0 spiro atoms. The van der Waals surface area contributed by atoms with Crippen molar-refractivity contribution < 1.29 is 19.0 Å². The monoisotopic (exact) mass is 303 g/mol. The average molecular weight is 303 g/mol. The van der Waals surface area contributed by atoms with Crippen molar-refractivity contribution in [2.45, 2.75) is 20.0 Å². The minimum atomic E-state index is -0.891. The van der Waals surface area contributed by atoms with Crippen molar-refractivity contribution in [1.82, 2.24) is 0 Å². The predicted molar refractivity (Wildman–Crippen MR) is 81.3 cm³/mol. The third kappa shape index (κ3) is 3.62. The second-order valence-corrected chi connectivity index (χ2v) is 5.17. The Balaban J connectivity index is 2.12. The fourth-order valence-corrected chi connectivity index (χ4v) is 2.18. The van der Waals surface area contributed by atoms with Gasteiger partial charge in [0.25, 0.3) is 0 Å². The highest BCUT2D eigenvalue weighted by Crippen LogP contribution is 2.23. The molecule has 0 bridgehead atoms. The maximum absolute atomic E-state index is 13.1. The summed E-state index contributed by atoms with van der Waals surface area (Å²) < 4.78 is 18.7. The number of aliphatic hydroxyl groups excluding tert-OH is 1. The molecule has 5 heteroatoms. The van der Waals surface area contributed by atoms with Gasteiger partial charge in [0.2, 0.25) is 5.91 Å². The molecule has 0 aliphatic carbocycles. The fourth-order valence-electron chi connectivity index (χ4n) is 2.18. The van der Waals surface area contributed by atoms with Gasteiger partial charge in [-0.05, 0) is 54.8 Å². The van der Waals surface area contributed by atoms with E-state index in [-0.39, 0.29) is 12.4 Å². The van der Waals surface area contributed by atoms with Gasteiger partial charge in [-0.15, -0.1) is 0 Å². The minimum Gasteiger partial charge on any atom is -0.490 e. The standard InChI is InChI=1S/C17H18FNO3/c1-10-3-4-12(17(19)21)8-16(10)22-9-15(20)14-6-5-13(18)7-11(14)2/h3-8,15,20H,9H2,1-2H3,(H2,19,21). The Kier molecular flexibility index (Phi) is 4.78. The molecule has 22 heavy (non-hydrogen) atoms. The number of ether oxygens (including phenoxy) is 1. The maximum Gasteiger partial charge on any atom is 0.248 e. The Morgan fingerprint density at radius 1 is 1.23 bits per heavy atom. The van der Waals surface area contributed by atoms with Crippen molar-refractivity contribution in [3.63, 3.8) is 0 Å². The lowest BCUT2D eigenvalue weighted by Gasteiger charge is -2.16. The molecule has 2 aromatic carbocycles. The molecule has 0 heterocycles. The van der Waals surface area contributed by atoms with Gasteiger partial charge in [-0.2, -0.15) is 0 Å². The lowest BCUT2D eigenvalue weighted by Crippen LogP contribution is -2.14. The van der Waals surface area contributed by atoms with Crippen LogP contribution in [-0.2, 0) is 0 Å². The SMILES string of the molecule is Cc1ccc(C(N)=O)cc1OCC(O)c1ccc(F)cc1C. The largest absolute Gasteiger partial charge is 0.490 e. The van der Waals surface area contributed by atoms with Gasteiger partial charge in [-0.1, -0.05) is 12.1 Å². The summed E-state index contributed by atoms with van der Waals surface area (Å²) in [5.41, 5.74) is 7.66. The lowest BCUT2D eigenvalue weighted by atomic mass is 10.0. The molecule has 4 nitrogen and oxygen atoms in total. The van der Waals surface area contributed by atoms with E-state index >= 15 is 0 Å². The molecular formula is C17H18FNO3. The number of hydrogen-bond acceptors (Lipinski definition) is 3. The molecule has 2 aromatic rings. The quantitative estimate of drug-likeness (QED) is 0.892. The van der Waals surface area contributed by atoms with Gasteiger partial charge in [0.1, 0.15) is 24.3 Å². The summed E-state index contributed by atoms with van der Waals surface area (Å²) in [6, 6.07) is 9.07. The van der Waals surface area contributed by atoms with Gasteiger partial charge < -0.3 is 15.6 Å². The van der Waals surface area contributed by atoms with E-state index < -0.39 is 12.0 Å². The number of aliphatic hydroxyl groups is 1.